The van der Waals surface area contributed by atoms with E-state index < -0.39 is 0 Å². The minimum Gasteiger partial charge on any atom is -0.467 e. The van der Waals surface area contributed by atoms with Crippen molar-refractivity contribution in [3.63, 3.8) is 0 Å². The van der Waals surface area contributed by atoms with Crippen molar-refractivity contribution < 1.29 is 9.53 Å². The fourth-order valence-electron chi connectivity index (χ4n) is 2.44. The van der Waals surface area contributed by atoms with E-state index in [2.05, 4.69) is 20.6 Å². The number of carbonyl (C=O) groups is 1. The normalized spacial score (nSPS) is 10.4. The van der Waals surface area contributed by atoms with Crippen LogP contribution in [0.2, 0.25) is 0 Å². The van der Waals surface area contributed by atoms with Gasteiger partial charge in [-0.1, -0.05) is 30.3 Å². The molecule has 1 heterocycles. The fraction of sp³-hybridized carbons (Fsp3) is 0.167. The highest BCUT2D eigenvalue weighted by Gasteiger charge is 2.12. The molecule has 3 rings (SSSR count). The van der Waals surface area contributed by atoms with Gasteiger partial charge in [0, 0.05) is 19.8 Å². The number of anilines is 3. The van der Waals surface area contributed by atoms with Crippen LogP contribution < -0.4 is 20.3 Å². The monoisotopic (exact) mass is 337 g/mol. The van der Waals surface area contributed by atoms with Crippen molar-refractivity contribution in [2.45, 2.75) is 0 Å². The van der Waals surface area contributed by atoms with Crippen LogP contribution >= 0.6 is 0 Å². The van der Waals surface area contributed by atoms with Gasteiger partial charge in [-0.15, -0.1) is 0 Å². The third-order valence-electron chi connectivity index (χ3n) is 3.61. The molecule has 7 nitrogen and oxygen atoms in total. The lowest BCUT2D eigenvalue weighted by atomic mass is 10.1. The molecule has 0 fully saturated rings. The number of rotatable bonds is 4. The quantitative estimate of drug-likeness (QED) is 0.763. The van der Waals surface area contributed by atoms with Crippen LogP contribution in [-0.4, -0.2) is 37.2 Å². The summed E-state index contributed by atoms with van der Waals surface area (Å²) in [5.41, 5.74) is 1.20. The molecule has 0 aliphatic carbocycles. The molecular weight excluding hydrogens is 318 g/mol. The van der Waals surface area contributed by atoms with E-state index in [4.69, 9.17) is 4.74 Å². The standard InChI is InChI=1S/C18H19N5O2/c1-23(2)16-15(11-19-18(22-16)25-3)21-17(24)20-14-9-8-12-6-4-5-7-13(12)10-14/h4-11H,1-3H3,(H2,20,21,24). The van der Waals surface area contributed by atoms with Crippen LogP contribution in [0.25, 0.3) is 10.8 Å². The third kappa shape index (κ3) is 3.77. The van der Waals surface area contributed by atoms with Crippen LogP contribution in [0, 0.1) is 0 Å². The maximum absolute atomic E-state index is 12.3. The van der Waals surface area contributed by atoms with Crippen molar-refractivity contribution in [2.75, 3.05) is 36.7 Å². The third-order valence-corrected chi connectivity index (χ3v) is 3.61. The van der Waals surface area contributed by atoms with Crippen molar-refractivity contribution in [2.24, 2.45) is 0 Å². The molecule has 128 valence electrons. The van der Waals surface area contributed by atoms with Gasteiger partial charge in [-0.05, 0) is 22.9 Å². The minimum atomic E-state index is -0.368. The number of ether oxygens (including phenoxy) is 1. The maximum atomic E-state index is 12.3. The topological polar surface area (TPSA) is 79.4 Å². The molecule has 2 aromatic carbocycles. The number of amides is 2. The van der Waals surface area contributed by atoms with Crippen molar-refractivity contribution in [1.82, 2.24) is 9.97 Å². The molecule has 25 heavy (non-hydrogen) atoms. The molecule has 2 amide bonds. The Kier molecular flexibility index (Phi) is 4.65. The average Bonchev–Trinajstić information content (AvgIpc) is 2.61. The minimum absolute atomic E-state index is 0.240. The lowest BCUT2D eigenvalue weighted by Gasteiger charge is -2.17. The number of benzene rings is 2. The van der Waals surface area contributed by atoms with Gasteiger partial charge in [-0.25, -0.2) is 9.78 Å². The molecule has 0 bridgehead atoms. The molecule has 0 saturated carbocycles. The fourth-order valence-corrected chi connectivity index (χ4v) is 2.44. The summed E-state index contributed by atoms with van der Waals surface area (Å²) in [6.45, 7) is 0. The Morgan fingerprint density at radius 2 is 1.84 bits per heavy atom. The summed E-state index contributed by atoms with van der Waals surface area (Å²) in [5.74, 6) is 0.556. The molecule has 2 N–H and O–H groups in total. The molecule has 0 saturated heterocycles. The highest BCUT2D eigenvalue weighted by Crippen LogP contribution is 2.23. The number of hydrogen-bond acceptors (Lipinski definition) is 5. The van der Waals surface area contributed by atoms with E-state index in [1.165, 1.54) is 13.3 Å². The van der Waals surface area contributed by atoms with Gasteiger partial charge >= 0.3 is 12.0 Å². The van der Waals surface area contributed by atoms with E-state index in [-0.39, 0.29) is 12.0 Å². The highest BCUT2D eigenvalue weighted by molar-refractivity contribution is 6.02. The molecule has 3 aromatic rings. The number of nitrogens with one attached hydrogen (secondary N) is 2. The summed E-state index contributed by atoms with van der Waals surface area (Å²) >= 11 is 0. The van der Waals surface area contributed by atoms with Gasteiger partial charge in [-0.2, -0.15) is 4.98 Å². The zero-order chi connectivity index (χ0) is 17.8. The first-order chi connectivity index (χ1) is 12.1. The smallest absolute Gasteiger partial charge is 0.323 e. The Morgan fingerprint density at radius 3 is 2.56 bits per heavy atom. The zero-order valence-corrected chi connectivity index (χ0v) is 14.3. The van der Waals surface area contributed by atoms with Crippen molar-refractivity contribution >= 4 is 34.0 Å². The number of hydrogen-bond donors (Lipinski definition) is 2. The first-order valence-corrected chi connectivity index (χ1v) is 7.72. The SMILES string of the molecule is COc1ncc(NC(=O)Nc2ccc3ccccc3c2)c(N(C)C)n1. The number of urea groups is 1. The predicted octanol–water partition coefficient (Wildman–Crippen LogP) is 3.35. The molecular formula is C18H19N5O2. The van der Waals surface area contributed by atoms with Gasteiger partial charge in [0.2, 0.25) is 0 Å². The second-order valence-electron chi connectivity index (χ2n) is 5.63. The highest BCUT2D eigenvalue weighted by atomic mass is 16.5. The van der Waals surface area contributed by atoms with Gasteiger partial charge in [0.15, 0.2) is 5.82 Å². The number of nitrogens with zero attached hydrogens (tertiary/aromatic N) is 3. The van der Waals surface area contributed by atoms with Gasteiger partial charge in [-0.3, -0.25) is 0 Å². The van der Waals surface area contributed by atoms with Gasteiger partial charge < -0.3 is 20.3 Å². The molecule has 0 unspecified atom stereocenters. The van der Waals surface area contributed by atoms with Gasteiger partial charge in [0.05, 0.1) is 13.3 Å². The van der Waals surface area contributed by atoms with Crippen LogP contribution in [0.5, 0.6) is 6.01 Å². The average molecular weight is 337 g/mol. The van der Waals surface area contributed by atoms with Crippen LogP contribution in [0.4, 0.5) is 22.0 Å². The second kappa shape index (κ2) is 7.04. The number of aromatic nitrogens is 2. The summed E-state index contributed by atoms with van der Waals surface area (Å²) in [7, 11) is 5.15. The largest absolute Gasteiger partial charge is 0.467 e. The molecule has 0 radical (unpaired) electrons. The van der Waals surface area contributed by atoms with Crippen molar-refractivity contribution in [3.05, 3.63) is 48.7 Å². The lowest BCUT2D eigenvalue weighted by Crippen LogP contribution is -2.22. The Morgan fingerprint density at radius 1 is 1.08 bits per heavy atom. The molecule has 7 heteroatoms. The first kappa shape index (κ1) is 16.5. The summed E-state index contributed by atoms with van der Waals surface area (Å²) in [5, 5.41) is 7.76. The summed E-state index contributed by atoms with van der Waals surface area (Å²) < 4.78 is 5.02. The van der Waals surface area contributed by atoms with Crippen LogP contribution in [0.15, 0.2) is 48.7 Å². The Balaban J connectivity index is 1.77. The van der Waals surface area contributed by atoms with Crippen LogP contribution in [0.3, 0.4) is 0 Å². The van der Waals surface area contributed by atoms with Crippen LogP contribution in [-0.2, 0) is 0 Å². The molecule has 1 aromatic heterocycles. The lowest BCUT2D eigenvalue weighted by molar-refractivity contribution is 0.262. The van der Waals surface area contributed by atoms with E-state index in [1.54, 1.807) is 4.90 Å². The number of fused-ring (bicyclic) bond motifs is 1. The summed E-state index contributed by atoms with van der Waals surface area (Å²) in [6.07, 6.45) is 1.52. The number of methoxy groups -OCH3 is 1. The van der Waals surface area contributed by atoms with E-state index in [1.807, 2.05) is 56.6 Å². The van der Waals surface area contributed by atoms with E-state index in [0.29, 0.717) is 17.2 Å². The Hall–Kier alpha value is -3.35. The second-order valence-corrected chi connectivity index (χ2v) is 5.63. The van der Waals surface area contributed by atoms with Gasteiger partial charge in [0.25, 0.3) is 0 Å². The van der Waals surface area contributed by atoms with Crippen LogP contribution in [0.1, 0.15) is 0 Å². The number of carbonyl (C=O) groups excluding carboxylic acids is 1. The molecule has 0 aliphatic heterocycles. The molecule has 0 spiro atoms. The molecule has 0 aliphatic rings. The Bertz CT molecular complexity index is 911. The summed E-state index contributed by atoms with van der Waals surface area (Å²) in [6, 6.07) is 13.6. The van der Waals surface area contributed by atoms with E-state index in [0.717, 1.165) is 10.8 Å². The van der Waals surface area contributed by atoms with E-state index >= 15 is 0 Å². The van der Waals surface area contributed by atoms with Crippen molar-refractivity contribution in [1.29, 1.82) is 0 Å². The predicted molar refractivity (Wildman–Crippen MR) is 99.5 cm³/mol. The zero-order valence-electron chi connectivity index (χ0n) is 14.3. The van der Waals surface area contributed by atoms with Gasteiger partial charge in [0.1, 0.15) is 5.69 Å². The Labute approximate surface area is 145 Å². The molecule has 0 atom stereocenters. The summed E-state index contributed by atoms with van der Waals surface area (Å²) in [4.78, 5) is 22.4. The first-order valence-electron chi connectivity index (χ1n) is 7.72. The maximum Gasteiger partial charge on any atom is 0.323 e. The van der Waals surface area contributed by atoms with Crippen molar-refractivity contribution in [3.8, 4) is 6.01 Å². The van der Waals surface area contributed by atoms with E-state index in [9.17, 15) is 4.79 Å².